The minimum Gasteiger partial charge on any atom is -0.342 e. The van der Waals surface area contributed by atoms with Crippen LogP contribution in [0.1, 0.15) is 46.5 Å². The van der Waals surface area contributed by atoms with Gasteiger partial charge < -0.3 is 10.2 Å². The number of hydrogen-bond acceptors (Lipinski definition) is 3. The van der Waals surface area contributed by atoms with Gasteiger partial charge in [-0.05, 0) is 59.5 Å². The van der Waals surface area contributed by atoms with E-state index in [4.69, 9.17) is 0 Å². The maximum Gasteiger partial charge on any atom is 0.239 e. The third kappa shape index (κ3) is 3.11. The average molecular weight is 267 g/mol. The molecule has 0 aromatic rings. The maximum atomic E-state index is 12.5. The molecule has 2 saturated heterocycles. The number of carbonyl (C=O) groups excluding carboxylic acids is 1. The Kier molecular flexibility index (Phi) is 5.22. The molecule has 2 aliphatic rings. The van der Waals surface area contributed by atoms with Gasteiger partial charge in [-0.3, -0.25) is 9.69 Å². The number of likely N-dealkylation sites (N-methyl/N-ethyl adjacent to an activating group) is 1. The molecule has 19 heavy (non-hydrogen) atoms. The van der Waals surface area contributed by atoms with Crippen molar-refractivity contribution in [1.29, 1.82) is 0 Å². The van der Waals surface area contributed by atoms with Crippen molar-refractivity contribution in [3.8, 4) is 0 Å². The third-order valence-corrected chi connectivity index (χ3v) is 4.84. The van der Waals surface area contributed by atoms with Crippen molar-refractivity contribution < 1.29 is 4.79 Å². The lowest BCUT2D eigenvalue weighted by Crippen LogP contribution is -2.53. The van der Waals surface area contributed by atoms with Crippen molar-refractivity contribution in [2.24, 2.45) is 0 Å². The van der Waals surface area contributed by atoms with Crippen LogP contribution in [0.5, 0.6) is 0 Å². The predicted octanol–water partition coefficient (Wildman–Crippen LogP) is 1.46. The lowest BCUT2D eigenvalue weighted by Gasteiger charge is -2.35. The molecule has 110 valence electrons. The molecular weight excluding hydrogens is 238 g/mol. The van der Waals surface area contributed by atoms with Crippen LogP contribution in [0, 0.1) is 0 Å². The van der Waals surface area contributed by atoms with E-state index in [0.29, 0.717) is 18.0 Å². The lowest BCUT2D eigenvalue weighted by molar-refractivity contribution is -0.136. The van der Waals surface area contributed by atoms with Gasteiger partial charge in [-0.25, -0.2) is 0 Å². The van der Waals surface area contributed by atoms with Crippen LogP contribution in [0.4, 0.5) is 0 Å². The van der Waals surface area contributed by atoms with E-state index in [-0.39, 0.29) is 6.04 Å². The molecule has 2 heterocycles. The van der Waals surface area contributed by atoms with Crippen LogP contribution in [0.3, 0.4) is 0 Å². The number of likely N-dealkylation sites (tertiary alicyclic amines) is 1. The third-order valence-electron chi connectivity index (χ3n) is 4.84. The minimum absolute atomic E-state index is 0.0369. The molecule has 0 aromatic heterocycles. The molecule has 0 saturated carbocycles. The standard InChI is InChI=1S/C15H29N3O/c1-4-17(5-2)15(19)12(3)18-11-7-9-14(18)13-8-6-10-16-13/h12-14,16H,4-11H2,1-3H3. The zero-order chi connectivity index (χ0) is 13.8. The molecule has 2 fully saturated rings. The van der Waals surface area contributed by atoms with E-state index in [1.807, 2.05) is 4.90 Å². The SMILES string of the molecule is CCN(CC)C(=O)C(C)N1CCCC1C1CCCN1. The maximum absolute atomic E-state index is 12.5. The molecule has 0 radical (unpaired) electrons. The zero-order valence-electron chi connectivity index (χ0n) is 12.7. The summed E-state index contributed by atoms with van der Waals surface area (Å²) < 4.78 is 0. The van der Waals surface area contributed by atoms with Crippen molar-refractivity contribution in [2.75, 3.05) is 26.2 Å². The summed E-state index contributed by atoms with van der Waals surface area (Å²) >= 11 is 0. The number of carbonyl (C=O) groups is 1. The van der Waals surface area contributed by atoms with E-state index in [2.05, 4.69) is 31.0 Å². The molecule has 2 rings (SSSR count). The molecule has 3 atom stereocenters. The highest BCUT2D eigenvalue weighted by atomic mass is 16.2. The van der Waals surface area contributed by atoms with E-state index >= 15 is 0 Å². The first-order valence-corrected chi connectivity index (χ1v) is 7.97. The van der Waals surface area contributed by atoms with Crippen molar-refractivity contribution in [2.45, 2.75) is 64.6 Å². The van der Waals surface area contributed by atoms with Gasteiger partial charge in [0.05, 0.1) is 6.04 Å². The number of hydrogen-bond donors (Lipinski definition) is 1. The van der Waals surface area contributed by atoms with Crippen molar-refractivity contribution in [3.05, 3.63) is 0 Å². The second kappa shape index (κ2) is 6.71. The molecule has 4 heteroatoms. The summed E-state index contributed by atoms with van der Waals surface area (Å²) in [6, 6.07) is 1.21. The Balaban J connectivity index is 2.00. The zero-order valence-corrected chi connectivity index (χ0v) is 12.7. The Hall–Kier alpha value is -0.610. The largest absolute Gasteiger partial charge is 0.342 e. The van der Waals surface area contributed by atoms with Gasteiger partial charge in [0.2, 0.25) is 5.91 Å². The van der Waals surface area contributed by atoms with Crippen LogP contribution in [0.2, 0.25) is 0 Å². The van der Waals surface area contributed by atoms with Crippen LogP contribution in [0.15, 0.2) is 0 Å². The molecule has 4 nitrogen and oxygen atoms in total. The van der Waals surface area contributed by atoms with Crippen LogP contribution in [-0.4, -0.2) is 60.0 Å². The Morgan fingerprint density at radius 3 is 2.63 bits per heavy atom. The Morgan fingerprint density at radius 2 is 2.05 bits per heavy atom. The van der Waals surface area contributed by atoms with E-state index < -0.39 is 0 Å². The fraction of sp³-hybridized carbons (Fsp3) is 0.933. The van der Waals surface area contributed by atoms with E-state index in [1.54, 1.807) is 0 Å². The van der Waals surface area contributed by atoms with Crippen molar-refractivity contribution in [1.82, 2.24) is 15.1 Å². The quantitative estimate of drug-likeness (QED) is 0.819. The number of rotatable bonds is 5. The van der Waals surface area contributed by atoms with Crippen LogP contribution in [0.25, 0.3) is 0 Å². The Bertz CT molecular complexity index is 298. The van der Waals surface area contributed by atoms with Gasteiger partial charge in [0, 0.05) is 25.2 Å². The van der Waals surface area contributed by atoms with Gasteiger partial charge in [0.1, 0.15) is 0 Å². The second-order valence-corrected chi connectivity index (χ2v) is 5.84. The molecule has 3 unspecified atom stereocenters. The van der Waals surface area contributed by atoms with Crippen LogP contribution >= 0.6 is 0 Å². The summed E-state index contributed by atoms with van der Waals surface area (Å²) in [4.78, 5) is 16.9. The molecule has 0 aliphatic carbocycles. The topological polar surface area (TPSA) is 35.6 Å². The first kappa shape index (κ1) is 14.8. The summed E-state index contributed by atoms with van der Waals surface area (Å²) in [5.41, 5.74) is 0. The monoisotopic (exact) mass is 267 g/mol. The van der Waals surface area contributed by atoms with Gasteiger partial charge in [0.25, 0.3) is 0 Å². The molecule has 0 bridgehead atoms. The summed E-state index contributed by atoms with van der Waals surface area (Å²) in [7, 11) is 0. The first-order chi connectivity index (χ1) is 9.19. The normalized spacial score (nSPS) is 29.6. The number of nitrogens with zero attached hydrogens (tertiary/aromatic N) is 2. The Labute approximate surface area is 117 Å². The molecule has 0 aromatic carbocycles. The lowest BCUT2D eigenvalue weighted by atomic mass is 10.0. The highest BCUT2D eigenvalue weighted by molar-refractivity contribution is 5.81. The highest BCUT2D eigenvalue weighted by Crippen LogP contribution is 2.27. The van der Waals surface area contributed by atoms with E-state index in [0.717, 1.165) is 26.2 Å². The van der Waals surface area contributed by atoms with Gasteiger partial charge in [-0.1, -0.05) is 0 Å². The molecule has 1 amide bonds. The molecule has 1 N–H and O–H groups in total. The van der Waals surface area contributed by atoms with Gasteiger partial charge in [-0.15, -0.1) is 0 Å². The predicted molar refractivity (Wildman–Crippen MR) is 78.1 cm³/mol. The van der Waals surface area contributed by atoms with Crippen LogP contribution < -0.4 is 5.32 Å². The second-order valence-electron chi connectivity index (χ2n) is 5.84. The molecule has 0 spiro atoms. The summed E-state index contributed by atoms with van der Waals surface area (Å²) in [6.07, 6.45) is 5.03. The molecule has 2 aliphatic heterocycles. The summed E-state index contributed by atoms with van der Waals surface area (Å²) in [5, 5.41) is 3.61. The average Bonchev–Trinajstić information content (AvgIpc) is 3.09. The first-order valence-electron chi connectivity index (χ1n) is 7.97. The minimum atomic E-state index is 0.0369. The van der Waals surface area contributed by atoms with Gasteiger partial charge in [0.15, 0.2) is 0 Å². The fourth-order valence-electron chi connectivity index (χ4n) is 3.71. The smallest absolute Gasteiger partial charge is 0.239 e. The Morgan fingerprint density at radius 1 is 1.32 bits per heavy atom. The molecular formula is C15H29N3O. The van der Waals surface area contributed by atoms with Crippen LogP contribution in [-0.2, 0) is 4.79 Å². The number of amides is 1. The fourth-order valence-corrected chi connectivity index (χ4v) is 3.71. The highest BCUT2D eigenvalue weighted by Gasteiger charge is 2.38. The van der Waals surface area contributed by atoms with E-state index in [1.165, 1.54) is 25.7 Å². The van der Waals surface area contributed by atoms with Crippen molar-refractivity contribution >= 4 is 5.91 Å². The van der Waals surface area contributed by atoms with Crippen molar-refractivity contribution in [3.63, 3.8) is 0 Å². The van der Waals surface area contributed by atoms with Gasteiger partial charge >= 0.3 is 0 Å². The van der Waals surface area contributed by atoms with E-state index in [9.17, 15) is 4.79 Å². The number of nitrogens with one attached hydrogen (secondary N) is 1. The summed E-state index contributed by atoms with van der Waals surface area (Å²) in [5.74, 6) is 0.301. The van der Waals surface area contributed by atoms with Gasteiger partial charge in [-0.2, -0.15) is 0 Å². The summed E-state index contributed by atoms with van der Waals surface area (Å²) in [6.45, 7) is 10.1.